The molecular weight excluding hydrogens is 340 g/mol. The van der Waals surface area contributed by atoms with Crippen molar-refractivity contribution < 1.29 is 19.1 Å². The molecule has 0 aromatic heterocycles. The average Bonchev–Trinajstić information content (AvgIpc) is 2.62. The Hall–Kier alpha value is -1.84. The van der Waals surface area contributed by atoms with Gasteiger partial charge in [-0.3, -0.25) is 9.59 Å². The van der Waals surface area contributed by atoms with Gasteiger partial charge in [-0.25, -0.2) is 0 Å². The molecule has 0 fully saturated rings. The minimum absolute atomic E-state index is 0.0929. The van der Waals surface area contributed by atoms with Crippen LogP contribution in [0.4, 0.5) is 0 Å². The Kier molecular flexibility index (Phi) is 10.8. The molecule has 0 bridgehead atoms. The van der Waals surface area contributed by atoms with Crippen molar-refractivity contribution in [3.63, 3.8) is 0 Å². The molecule has 0 amide bonds. The van der Waals surface area contributed by atoms with E-state index in [-0.39, 0.29) is 23.8 Å². The fourth-order valence-electron chi connectivity index (χ4n) is 3.08. The largest absolute Gasteiger partial charge is 0.426 e. The molecule has 152 valence electrons. The molecule has 0 saturated carbocycles. The summed E-state index contributed by atoms with van der Waals surface area (Å²) in [5.41, 5.74) is 0.891. The monoisotopic (exact) mass is 376 g/mol. The quantitative estimate of drug-likeness (QED) is 0.246. The Bertz CT molecular complexity index is 594. The summed E-state index contributed by atoms with van der Waals surface area (Å²) in [6.45, 7) is 10.0. The van der Waals surface area contributed by atoms with Crippen LogP contribution in [0.1, 0.15) is 84.6 Å². The summed E-state index contributed by atoms with van der Waals surface area (Å²) in [6, 6.07) is 5.22. The number of hydrogen-bond donors (Lipinski definition) is 0. The molecule has 0 aliphatic carbocycles. The maximum absolute atomic E-state index is 12.3. The van der Waals surface area contributed by atoms with Gasteiger partial charge in [-0.15, -0.1) is 0 Å². The summed E-state index contributed by atoms with van der Waals surface area (Å²) in [5, 5.41) is 0. The van der Waals surface area contributed by atoms with Crippen LogP contribution in [0.5, 0.6) is 11.5 Å². The first-order valence-electron chi connectivity index (χ1n) is 10.5. The molecule has 0 heterocycles. The molecule has 2 atom stereocenters. The molecule has 4 heteroatoms. The zero-order chi connectivity index (χ0) is 20.2. The van der Waals surface area contributed by atoms with E-state index in [0.717, 1.165) is 44.1 Å². The van der Waals surface area contributed by atoms with Crippen molar-refractivity contribution in [2.24, 2.45) is 11.8 Å². The Balaban J connectivity index is 2.69. The van der Waals surface area contributed by atoms with Gasteiger partial charge in [-0.1, -0.05) is 59.8 Å². The number of ether oxygens (including phenoxy) is 2. The van der Waals surface area contributed by atoms with Crippen LogP contribution in [0.25, 0.3) is 0 Å². The molecule has 1 aromatic rings. The number of unbranched alkanes of at least 4 members (excludes halogenated alkanes) is 3. The molecule has 0 spiro atoms. The lowest BCUT2D eigenvalue weighted by Gasteiger charge is -2.15. The lowest BCUT2D eigenvalue weighted by Crippen LogP contribution is -2.20. The molecule has 0 N–H and O–H groups in total. The Morgan fingerprint density at radius 1 is 0.852 bits per heavy atom. The molecular formula is C23H36O4. The number of carbonyl (C=O) groups excluding carboxylic acids is 2. The topological polar surface area (TPSA) is 52.6 Å². The predicted molar refractivity (Wildman–Crippen MR) is 109 cm³/mol. The van der Waals surface area contributed by atoms with Gasteiger partial charge in [0.05, 0.1) is 11.8 Å². The van der Waals surface area contributed by atoms with Gasteiger partial charge in [-0.05, 0) is 43.9 Å². The molecule has 0 aliphatic heterocycles. The van der Waals surface area contributed by atoms with Crippen molar-refractivity contribution >= 4 is 11.9 Å². The van der Waals surface area contributed by atoms with Crippen LogP contribution >= 0.6 is 0 Å². The van der Waals surface area contributed by atoms with Crippen LogP contribution in [0.15, 0.2) is 18.2 Å². The maximum Gasteiger partial charge on any atom is 0.314 e. The first kappa shape index (κ1) is 23.2. The second-order valence-electron chi connectivity index (χ2n) is 7.47. The second kappa shape index (κ2) is 12.5. The van der Waals surface area contributed by atoms with Crippen molar-refractivity contribution in [3.8, 4) is 11.5 Å². The van der Waals surface area contributed by atoms with Crippen LogP contribution in [0.3, 0.4) is 0 Å². The van der Waals surface area contributed by atoms with Gasteiger partial charge in [0.25, 0.3) is 0 Å². The summed E-state index contributed by atoms with van der Waals surface area (Å²) in [4.78, 5) is 24.7. The van der Waals surface area contributed by atoms with Gasteiger partial charge in [-0.2, -0.15) is 0 Å². The van der Waals surface area contributed by atoms with Crippen LogP contribution in [-0.2, 0) is 9.59 Å². The summed E-state index contributed by atoms with van der Waals surface area (Å²) in [6.07, 6.45) is 7.92. The fourth-order valence-corrected chi connectivity index (χ4v) is 3.08. The van der Waals surface area contributed by atoms with Gasteiger partial charge in [0.1, 0.15) is 11.5 Å². The molecule has 2 unspecified atom stereocenters. The Morgan fingerprint density at radius 2 is 1.48 bits per heavy atom. The smallest absolute Gasteiger partial charge is 0.314 e. The molecule has 0 saturated heterocycles. The number of rotatable bonds is 12. The molecule has 1 aromatic carbocycles. The third-order valence-electron chi connectivity index (χ3n) is 4.82. The second-order valence-corrected chi connectivity index (χ2v) is 7.47. The number of esters is 2. The van der Waals surface area contributed by atoms with Gasteiger partial charge in [0.15, 0.2) is 0 Å². The molecule has 0 radical (unpaired) electrons. The van der Waals surface area contributed by atoms with Crippen LogP contribution < -0.4 is 9.47 Å². The van der Waals surface area contributed by atoms with Crippen molar-refractivity contribution in [1.82, 2.24) is 0 Å². The van der Waals surface area contributed by atoms with E-state index < -0.39 is 0 Å². The number of benzene rings is 1. The predicted octanol–water partition coefficient (Wildman–Crippen LogP) is 6.24. The summed E-state index contributed by atoms with van der Waals surface area (Å²) < 4.78 is 11.1. The molecule has 0 aliphatic rings. The lowest BCUT2D eigenvalue weighted by molar-refractivity contribution is -0.139. The lowest BCUT2D eigenvalue weighted by atomic mass is 10.0. The molecule has 4 nitrogen and oxygen atoms in total. The van der Waals surface area contributed by atoms with E-state index in [1.54, 1.807) is 18.2 Å². The molecule has 27 heavy (non-hydrogen) atoms. The third kappa shape index (κ3) is 8.59. The van der Waals surface area contributed by atoms with E-state index in [0.29, 0.717) is 11.5 Å². The summed E-state index contributed by atoms with van der Waals surface area (Å²) in [7, 11) is 0. The number of aryl methyl sites for hydroxylation is 1. The van der Waals surface area contributed by atoms with Crippen LogP contribution in [0, 0.1) is 18.8 Å². The zero-order valence-electron chi connectivity index (χ0n) is 17.7. The Labute approximate surface area is 164 Å². The van der Waals surface area contributed by atoms with E-state index in [1.807, 2.05) is 20.8 Å². The fraction of sp³-hybridized carbons (Fsp3) is 0.652. The highest BCUT2D eigenvalue weighted by Gasteiger charge is 2.19. The first-order valence-corrected chi connectivity index (χ1v) is 10.5. The van der Waals surface area contributed by atoms with E-state index in [9.17, 15) is 9.59 Å². The average molecular weight is 377 g/mol. The van der Waals surface area contributed by atoms with Gasteiger partial charge >= 0.3 is 11.9 Å². The van der Waals surface area contributed by atoms with Crippen LogP contribution in [-0.4, -0.2) is 11.9 Å². The third-order valence-corrected chi connectivity index (χ3v) is 4.82. The summed E-state index contributed by atoms with van der Waals surface area (Å²) >= 11 is 0. The van der Waals surface area contributed by atoms with E-state index >= 15 is 0 Å². The summed E-state index contributed by atoms with van der Waals surface area (Å²) in [5.74, 6) is 0.199. The minimum atomic E-state index is -0.230. The maximum atomic E-state index is 12.3. The van der Waals surface area contributed by atoms with Gasteiger partial charge in [0, 0.05) is 6.07 Å². The van der Waals surface area contributed by atoms with E-state index in [4.69, 9.17) is 9.47 Å². The minimum Gasteiger partial charge on any atom is -0.426 e. The van der Waals surface area contributed by atoms with Crippen LogP contribution in [0.2, 0.25) is 0 Å². The first-order chi connectivity index (χ1) is 12.9. The van der Waals surface area contributed by atoms with E-state index in [2.05, 4.69) is 13.8 Å². The Morgan fingerprint density at radius 3 is 2.04 bits per heavy atom. The highest BCUT2D eigenvalue weighted by atomic mass is 16.5. The SMILES string of the molecule is CCCCCCC(C)C(=O)Oc1cc(C)cc(OC(=O)C(CC)CCC)c1. The normalized spacial score (nSPS) is 13.1. The number of hydrogen-bond acceptors (Lipinski definition) is 4. The van der Waals surface area contributed by atoms with Crippen molar-refractivity contribution in [3.05, 3.63) is 23.8 Å². The van der Waals surface area contributed by atoms with Gasteiger partial charge in [0.2, 0.25) is 0 Å². The highest BCUT2D eigenvalue weighted by molar-refractivity contribution is 5.76. The van der Waals surface area contributed by atoms with Gasteiger partial charge < -0.3 is 9.47 Å². The standard InChI is InChI=1S/C23H36O4/c1-6-9-10-11-13-18(5)22(24)26-20-14-17(4)15-21(16-20)27-23(25)19(8-3)12-7-2/h14-16,18-19H,6-13H2,1-5H3. The van der Waals surface area contributed by atoms with E-state index in [1.165, 1.54) is 12.8 Å². The number of carbonyl (C=O) groups is 2. The van der Waals surface area contributed by atoms with Crippen molar-refractivity contribution in [2.75, 3.05) is 0 Å². The molecule has 1 rings (SSSR count). The van der Waals surface area contributed by atoms with Crippen molar-refractivity contribution in [1.29, 1.82) is 0 Å². The zero-order valence-corrected chi connectivity index (χ0v) is 17.7. The highest BCUT2D eigenvalue weighted by Crippen LogP contribution is 2.25. The van der Waals surface area contributed by atoms with Crippen molar-refractivity contribution in [2.45, 2.75) is 86.0 Å².